The number of hydrogen-bond donors (Lipinski definition) is 2. The van der Waals surface area contributed by atoms with Gasteiger partial charge in [0, 0.05) is 12.6 Å². The number of ether oxygens (including phenoxy) is 1. The summed E-state index contributed by atoms with van der Waals surface area (Å²) >= 11 is 0. The first-order valence-electron chi connectivity index (χ1n) is 6.70. The van der Waals surface area contributed by atoms with Crippen molar-refractivity contribution in [3.63, 3.8) is 0 Å². The van der Waals surface area contributed by atoms with Gasteiger partial charge in [-0.2, -0.15) is 0 Å². The maximum Gasteiger partial charge on any atom is 0.122 e. The van der Waals surface area contributed by atoms with Gasteiger partial charge in [0.2, 0.25) is 0 Å². The molecule has 0 aliphatic heterocycles. The van der Waals surface area contributed by atoms with E-state index in [9.17, 15) is 0 Å². The van der Waals surface area contributed by atoms with Crippen LogP contribution in [0, 0.1) is 19.8 Å². The summed E-state index contributed by atoms with van der Waals surface area (Å²) in [6.45, 7) is 6.24. The van der Waals surface area contributed by atoms with Gasteiger partial charge < -0.3 is 15.8 Å². The second-order valence-corrected chi connectivity index (χ2v) is 5.48. The first kappa shape index (κ1) is 13.4. The minimum absolute atomic E-state index is 0.446. The van der Waals surface area contributed by atoms with Crippen molar-refractivity contribution in [2.75, 3.05) is 13.7 Å². The van der Waals surface area contributed by atoms with Crippen LogP contribution in [0.1, 0.15) is 29.5 Å². The predicted molar refractivity (Wildman–Crippen MR) is 74.9 cm³/mol. The molecule has 0 atom stereocenters. The monoisotopic (exact) mass is 248 g/mol. The van der Waals surface area contributed by atoms with Crippen LogP contribution in [0.3, 0.4) is 0 Å². The number of methoxy groups -OCH3 is 1. The molecule has 0 spiro atoms. The van der Waals surface area contributed by atoms with Gasteiger partial charge in [0.25, 0.3) is 0 Å². The lowest BCUT2D eigenvalue weighted by Crippen LogP contribution is -2.41. The molecule has 0 unspecified atom stereocenters. The summed E-state index contributed by atoms with van der Waals surface area (Å²) in [5.74, 6) is 1.75. The van der Waals surface area contributed by atoms with Gasteiger partial charge in [-0.25, -0.2) is 0 Å². The highest BCUT2D eigenvalue weighted by Crippen LogP contribution is 2.25. The van der Waals surface area contributed by atoms with Crippen LogP contribution in [0.2, 0.25) is 0 Å². The van der Waals surface area contributed by atoms with Gasteiger partial charge in [0.05, 0.1) is 7.11 Å². The van der Waals surface area contributed by atoms with E-state index in [1.807, 2.05) is 0 Å². The minimum atomic E-state index is 0.446. The molecule has 3 N–H and O–H groups in total. The first-order valence-corrected chi connectivity index (χ1v) is 6.70. The Hall–Kier alpha value is -1.06. The van der Waals surface area contributed by atoms with Crippen LogP contribution < -0.4 is 15.8 Å². The Bertz CT molecular complexity index is 411. The smallest absolute Gasteiger partial charge is 0.122 e. The third kappa shape index (κ3) is 3.03. The van der Waals surface area contributed by atoms with Crippen molar-refractivity contribution >= 4 is 0 Å². The van der Waals surface area contributed by atoms with E-state index in [2.05, 4.69) is 31.3 Å². The molecule has 0 amide bonds. The number of benzene rings is 1. The Morgan fingerprint density at radius 3 is 2.61 bits per heavy atom. The lowest BCUT2D eigenvalue weighted by Gasteiger charge is -2.32. The van der Waals surface area contributed by atoms with E-state index in [-0.39, 0.29) is 0 Å². The molecule has 1 aromatic rings. The van der Waals surface area contributed by atoms with E-state index in [0.717, 1.165) is 24.8 Å². The van der Waals surface area contributed by atoms with E-state index in [4.69, 9.17) is 10.5 Å². The molecule has 3 heteroatoms. The van der Waals surface area contributed by atoms with Crippen molar-refractivity contribution in [2.24, 2.45) is 11.7 Å². The second-order valence-electron chi connectivity index (χ2n) is 5.48. The Morgan fingerprint density at radius 2 is 2.00 bits per heavy atom. The van der Waals surface area contributed by atoms with Crippen LogP contribution in [0.15, 0.2) is 12.1 Å². The van der Waals surface area contributed by atoms with Crippen LogP contribution in [-0.4, -0.2) is 19.7 Å². The van der Waals surface area contributed by atoms with Gasteiger partial charge in [-0.3, -0.25) is 0 Å². The van der Waals surface area contributed by atoms with Crippen LogP contribution in [0.25, 0.3) is 0 Å². The normalized spacial score (nSPS) is 22.7. The molecule has 1 aliphatic rings. The first-order chi connectivity index (χ1) is 8.60. The van der Waals surface area contributed by atoms with Crippen molar-refractivity contribution < 1.29 is 4.74 Å². The molecule has 3 nitrogen and oxygen atoms in total. The summed E-state index contributed by atoms with van der Waals surface area (Å²) in [6.07, 6.45) is 2.35. The molecule has 0 heterocycles. The van der Waals surface area contributed by atoms with E-state index < -0.39 is 0 Å². The van der Waals surface area contributed by atoms with Crippen LogP contribution >= 0.6 is 0 Å². The maximum atomic E-state index is 5.79. The van der Waals surface area contributed by atoms with Crippen LogP contribution in [-0.2, 0) is 6.54 Å². The molecule has 1 saturated carbocycles. The van der Waals surface area contributed by atoms with Gasteiger partial charge in [0.1, 0.15) is 5.75 Å². The van der Waals surface area contributed by atoms with Crippen molar-refractivity contribution in [2.45, 2.75) is 39.3 Å². The fourth-order valence-electron chi connectivity index (χ4n) is 2.62. The molecule has 100 valence electrons. The Morgan fingerprint density at radius 1 is 1.28 bits per heavy atom. The fourth-order valence-corrected chi connectivity index (χ4v) is 2.62. The third-order valence-corrected chi connectivity index (χ3v) is 3.87. The number of rotatable bonds is 5. The number of aryl methyl sites for hydroxylation is 2. The summed E-state index contributed by atoms with van der Waals surface area (Å²) in [6, 6.07) is 4.78. The highest BCUT2D eigenvalue weighted by Gasteiger charge is 2.24. The lowest BCUT2D eigenvalue weighted by atomic mass is 9.81. The molecule has 1 fully saturated rings. The summed E-state index contributed by atoms with van der Waals surface area (Å²) in [7, 11) is 1.72. The zero-order valence-corrected chi connectivity index (χ0v) is 11.6. The predicted octanol–water partition coefficient (Wildman–Crippen LogP) is 2.14. The van der Waals surface area contributed by atoms with Crippen LogP contribution in [0.5, 0.6) is 5.75 Å². The molecule has 0 aromatic heterocycles. The zero-order chi connectivity index (χ0) is 13.1. The molecule has 0 radical (unpaired) electrons. The van der Waals surface area contributed by atoms with E-state index in [0.29, 0.717) is 6.04 Å². The minimum Gasteiger partial charge on any atom is -0.496 e. The fraction of sp³-hybridized carbons (Fsp3) is 0.600. The van der Waals surface area contributed by atoms with E-state index >= 15 is 0 Å². The van der Waals surface area contributed by atoms with Gasteiger partial charge in [-0.1, -0.05) is 6.07 Å². The molecular weight excluding hydrogens is 224 g/mol. The summed E-state index contributed by atoms with van der Waals surface area (Å²) < 4.78 is 5.33. The average Bonchev–Trinajstić information content (AvgIpc) is 2.30. The molecule has 0 saturated heterocycles. The summed E-state index contributed by atoms with van der Waals surface area (Å²) in [4.78, 5) is 0. The Balaban J connectivity index is 1.87. The van der Waals surface area contributed by atoms with Crippen molar-refractivity contribution in [3.05, 3.63) is 28.8 Å². The van der Waals surface area contributed by atoms with Gasteiger partial charge in [-0.15, -0.1) is 0 Å². The molecule has 2 rings (SSSR count). The quantitative estimate of drug-likeness (QED) is 0.839. The van der Waals surface area contributed by atoms with E-state index in [1.165, 1.54) is 29.5 Å². The van der Waals surface area contributed by atoms with Crippen molar-refractivity contribution in [3.8, 4) is 5.75 Å². The van der Waals surface area contributed by atoms with Gasteiger partial charge >= 0.3 is 0 Å². The molecule has 0 bridgehead atoms. The number of hydrogen-bond acceptors (Lipinski definition) is 3. The second kappa shape index (κ2) is 5.72. The van der Waals surface area contributed by atoms with Gasteiger partial charge in [-0.05, 0) is 61.9 Å². The number of nitrogens with one attached hydrogen (secondary N) is 1. The SMILES string of the molecule is COc1cc(C)c(CNCC2CC(N)C2)cc1C. The maximum absolute atomic E-state index is 5.79. The average molecular weight is 248 g/mol. The Kier molecular flexibility index (Phi) is 4.25. The van der Waals surface area contributed by atoms with E-state index in [1.54, 1.807) is 7.11 Å². The topological polar surface area (TPSA) is 47.3 Å². The highest BCUT2D eigenvalue weighted by atomic mass is 16.5. The lowest BCUT2D eigenvalue weighted by molar-refractivity contribution is 0.256. The van der Waals surface area contributed by atoms with Crippen LogP contribution in [0.4, 0.5) is 0 Å². The van der Waals surface area contributed by atoms with Crippen molar-refractivity contribution in [1.29, 1.82) is 0 Å². The number of nitrogens with two attached hydrogens (primary N) is 1. The van der Waals surface area contributed by atoms with Crippen molar-refractivity contribution in [1.82, 2.24) is 5.32 Å². The molecule has 1 aromatic carbocycles. The third-order valence-electron chi connectivity index (χ3n) is 3.87. The molecule has 18 heavy (non-hydrogen) atoms. The molecule has 1 aliphatic carbocycles. The van der Waals surface area contributed by atoms with Gasteiger partial charge in [0.15, 0.2) is 0 Å². The largest absolute Gasteiger partial charge is 0.496 e. The standard InChI is InChI=1S/C15H24N2O/c1-10-5-15(18-3)11(2)4-13(10)9-17-8-12-6-14(16)7-12/h4-5,12,14,17H,6-9,16H2,1-3H3. The molecular formula is C15H24N2O. The Labute approximate surface area is 110 Å². The highest BCUT2D eigenvalue weighted by molar-refractivity contribution is 5.41. The summed E-state index contributed by atoms with van der Waals surface area (Å²) in [5.41, 5.74) is 9.63. The summed E-state index contributed by atoms with van der Waals surface area (Å²) in [5, 5.41) is 3.53. The zero-order valence-electron chi connectivity index (χ0n) is 11.6.